The zero-order valence-electron chi connectivity index (χ0n) is 8.07. The minimum Gasteiger partial charge on any atom is -0.315 e. The third kappa shape index (κ3) is 1.47. The molecule has 1 aromatic carbocycles. The average Bonchev–Trinajstić information content (AvgIpc) is 2.28. The van der Waals surface area contributed by atoms with Crippen LogP contribution in [0.15, 0.2) is 30.5 Å². The summed E-state index contributed by atoms with van der Waals surface area (Å²) in [5.74, 6) is 0. The Kier molecular flexibility index (Phi) is 2.12. The van der Waals surface area contributed by atoms with E-state index >= 15 is 0 Å². The van der Waals surface area contributed by atoms with E-state index in [1.54, 1.807) is 6.20 Å². The molecular weight excluding hydrogens is 242 g/mol. The van der Waals surface area contributed by atoms with E-state index in [0.717, 1.165) is 16.3 Å². The van der Waals surface area contributed by atoms with Crippen LogP contribution in [0.5, 0.6) is 0 Å². The first-order chi connectivity index (χ1) is 7.74. The van der Waals surface area contributed by atoms with Gasteiger partial charge < -0.3 is 4.98 Å². The number of pyridine rings is 1. The second kappa shape index (κ2) is 3.50. The maximum absolute atomic E-state index is 6.08. The number of aromatic amines is 1. The molecule has 0 atom stereocenters. The highest BCUT2D eigenvalue weighted by Crippen LogP contribution is 2.23. The van der Waals surface area contributed by atoms with Crippen LogP contribution in [-0.2, 0) is 0 Å². The SMILES string of the molecule is S=c1ncc2cc3cccc(Cl)c3nc2[nH]1. The minimum absolute atomic E-state index is 0.423. The highest BCUT2D eigenvalue weighted by Gasteiger charge is 2.03. The van der Waals surface area contributed by atoms with Gasteiger partial charge in [-0.05, 0) is 24.4 Å². The predicted octanol–water partition coefficient (Wildman–Crippen LogP) is 3.49. The zero-order valence-corrected chi connectivity index (χ0v) is 9.64. The standard InChI is InChI=1S/C11H6ClN3S/c12-8-3-1-2-6-4-7-5-13-11(16)15-10(7)14-9(6)8/h1-5H,(H,13,14,15,16). The van der Waals surface area contributed by atoms with E-state index in [-0.39, 0.29) is 0 Å². The normalized spacial score (nSPS) is 11.1. The first-order valence-electron chi connectivity index (χ1n) is 4.68. The third-order valence-electron chi connectivity index (χ3n) is 2.37. The van der Waals surface area contributed by atoms with E-state index in [0.29, 0.717) is 15.4 Å². The van der Waals surface area contributed by atoms with E-state index in [9.17, 15) is 0 Å². The van der Waals surface area contributed by atoms with Crippen LogP contribution < -0.4 is 0 Å². The molecule has 2 heterocycles. The number of rotatable bonds is 0. The van der Waals surface area contributed by atoms with Crippen LogP contribution in [-0.4, -0.2) is 15.0 Å². The summed E-state index contributed by atoms with van der Waals surface area (Å²) < 4.78 is 0.423. The fourth-order valence-electron chi connectivity index (χ4n) is 1.64. The number of halogens is 1. The Morgan fingerprint density at radius 1 is 1.25 bits per heavy atom. The number of fused-ring (bicyclic) bond motifs is 2. The van der Waals surface area contributed by atoms with Gasteiger partial charge in [0.15, 0.2) is 4.77 Å². The fourth-order valence-corrected chi connectivity index (χ4v) is 2.01. The molecule has 0 aliphatic heterocycles. The Morgan fingerprint density at radius 3 is 3.00 bits per heavy atom. The Balaban J connectivity index is 2.54. The largest absolute Gasteiger partial charge is 0.315 e. The van der Waals surface area contributed by atoms with Crippen molar-refractivity contribution >= 4 is 45.8 Å². The summed E-state index contributed by atoms with van der Waals surface area (Å²) in [5, 5.41) is 2.55. The van der Waals surface area contributed by atoms with Crippen molar-refractivity contribution in [3.05, 3.63) is 40.3 Å². The summed E-state index contributed by atoms with van der Waals surface area (Å²) in [5.41, 5.74) is 1.48. The van der Waals surface area contributed by atoms with E-state index < -0.39 is 0 Å². The van der Waals surface area contributed by atoms with Gasteiger partial charge >= 0.3 is 0 Å². The Bertz CT molecular complexity index is 751. The number of hydrogen-bond donors (Lipinski definition) is 1. The van der Waals surface area contributed by atoms with Gasteiger partial charge in [0.25, 0.3) is 0 Å². The number of para-hydroxylation sites is 1. The van der Waals surface area contributed by atoms with Crippen molar-refractivity contribution in [2.24, 2.45) is 0 Å². The molecule has 78 valence electrons. The van der Waals surface area contributed by atoms with Crippen LogP contribution in [0.3, 0.4) is 0 Å². The van der Waals surface area contributed by atoms with Crippen LogP contribution in [0.4, 0.5) is 0 Å². The molecule has 5 heteroatoms. The minimum atomic E-state index is 0.423. The summed E-state index contributed by atoms with van der Waals surface area (Å²) in [6, 6.07) is 7.67. The van der Waals surface area contributed by atoms with Gasteiger partial charge in [-0.25, -0.2) is 9.97 Å². The molecule has 16 heavy (non-hydrogen) atoms. The van der Waals surface area contributed by atoms with Crippen molar-refractivity contribution in [2.45, 2.75) is 0 Å². The second-order valence-electron chi connectivity index (χ2n) is 3.43. The van der Waals surface area contributed by atoms with Gasteiger partial charge in [-0.2, -0.15) is 0 Å². The zero-order chi connectivity index (χ0) is 11.1. The van der Waals surface area contributed by atoms with Gasteiger partial charge in [0.1, 0.15) is 5.65 Å². The Hall–Kier alpha value is -1.52. The molecule has 1 N–H and O–H groups in total. The van der Waals surface area contributed by atoms with Crippen LogP contribution in [0, 0.1) is 4.77 Å². The van der Waals surface area contributed by atoms with Crippen molar-refractivity contribution in [3.8, 4) is 0 Å². The smallest absolute Gasteiger partial charge is 0.198 e. The molecule has 0 spiro atoms. The van der Waals surface area contributed by atoms with Crippen LogP contribution >= 0.6 is 23.8 Å². The number of H-pyrrole nitrogens is 1. The van der Waals surface area contributed by atoms with Crippen LogP contribution in [0.1, 0.15) is 0 Å². The molecule has 0 amide bonds. The number of hydrogen-bond acceptors (Lipinski definition) is 3. The summed E-state index contributed by atoms with van der Waals surface area (Å²) in [6.45, 7) is 0. The van der Waals surface area contributed by atoms with Gasteiger partial charge in [0, 0.05) is 17.0 Å². The molecule has 0 bridgehead atoms. The molecule has 0 saturated carbocycles. The number of nitrogens with one attached hydrogen (secondary N) is 1. The number of benzene rings is 1. The first kappa shape index (κ1) is 9.69. The lowest BCUT2D eigenvalue weighted by Gasteiger charge is -2.02. The molecule has 0 aliphatic carbocycles. The lowest BCUT2D eigenvalue weighted by atomic mass is 10.2. The predicted molar refractivity (Wildman–Crippen MR) is 67.2 cm³/mol. The second-order valence-corrected chi connectivity index (χ2v) is 4.22. The van der Waals surface area contributed by atoms with Gasteiger partial charge in [0.05, 0.1) is 10.5 Å². The van der Waals surface area contributed by atoms with Gasteiger partial charge in [0.2, 0.25) is 0 Å². The highest BCUT2D eigenvalue weighted by molar-refractivity contribution is 7.71. The molecule has 3 rings (SSSR count). The molecule has 0 fully saturated rings. The van der Waals surface area contributed by atoms with Crippen molar-refractivity contribution in [2.75, 3.05) is 0 Å². The summed E-state index contributed by atoms with van der Waals surface area (Å²) in [4.78, 5) is 11.4. The molecule has 0 saturated heterocycles. The monoisotopic (exact) mass is 247 g/mol. The molecule has 2 aromatic heterocycles. The maximum Gasteiger partial charge on any atom is 0.198 e. The van der Waals surface area contributed by atoms with Gasteiger partial charge in [-0.1, -0.05) is 23.7 Å². The topological polar surface area (TPSA) is 41.6 Å². The quantitative estimate of drug-likeness (QED) is 0.488. The highest BCUT2D eigenvalue weighted by atomic mass is 35.5. The van der Waals surface area contributed by atoms with Gasteiger partial charge in [-0.3, -0.25) is 0 Å². The van der Waals surface area contributed by atoms with E-state index in [4.69, 9.17) is 23.8 Å². The molecule has 3 nitrogen and oxygen atoms in total. The fraction of sp³-hybridized carbons (Fsp3) is 0. The van der Waals surface area contributed by atoms with Crippen LogP contribution in [0.2, 0.25) is 5.02 Å². The molecule has 0 aliphatic rings. The van der Waals surface area contributed by atoms with Crippen molar-refractivity contribution in [3.63, 3.8) is 0 Å². The Labute approximate surface area is 101 Å². The molecular formula is C11H6ClN3S. The third-order valence-corrected chi connectivity index (χ3v) is 2.88. The summed E-state index contributed by atoms with van der Waals surface area (Å²) >= 11 is 11.0. The van der Waals surface area contributed by atoms with Crippen molar-refractivity contribution in [1.82, 2.24) is 15.0 Å². The molecule has 0 radical (unpaired) electrons. The maximum atomic E-state index is 6.08. The van der Waals surface area contributed by atoms with Gasteiger partial charge in [-0.15, -0.1) is 0 Å². The lowest BCUT2D eigenvalue weighted by molar-refractivity contribution is 1.16. The lowest BCUT2D eigenvalue weighted by Crippen LogP contribution is -1.89. The molecule has 0 unspecified atom stereocenters. The summed E-state index contributed by atoms with van der Waals surface area (Å²) in [7, 11) is 0. The van der Waals surface area contributed by atoms with Crippen LogP contribution in [0.25, 0.3) is 21.9 Å². The van der Waals surface area contributed by atoms with Crippen molar-refractivity contribution < 1.29 is 0 Å². The van der Waals surface area contributed by atoms with E-state index in [2.05, 4.69) is 15.0 Å². The van der Waals surface area contributed by atoms with E-state index in [1.165, 1.54) is 0 Å². The Morgan fingerprint density at radius 2 is 2.12 bits per heavy atom. The van der Waals surface area contributed by atoms with Crippen molar-refractivity contribution in [1.29, 1.82) is 0 Å². The number of aromatic nitrogens is 3. The number of nitrogens with zero attached hydrogens (tertiary/aromatic N) is 2. The average molecular weight is 248 g/mol. The van der Waals surface area contributed by atoms with E-state index in [1.807, 2.05) is 24.3 Å². The summed E-state index contributed by atoms with van der Waals surface area (Å²) in [6.07, 6.45) is 1.71. The first-order valence-corrected chi connectivity index (χ1v) is 5.47. The molecule has 3 aromatic rings.